The van der Waals surface area contributed by atoms with E-state index in [1.807, 2.05) is 19.1 Å². The Hall–Kier alpha value is -1.90. The van der Waals surface area contributed by atoms with Gasteiger partial charge in [-0.3, -0.25) is 4.79 Å². The highest BCUT2D eigenvalue weighted by atomic mass is 16.5. The second-order valence-electron chi connectivity index (χ2n) is 4.55. The van der Waals surface area contributed by atoms with Crippen LogP contribution in [-0.2, 0) is 10.2 Å². The van der Waals surface area contributed by atoms with Crippen LogP contribution in [0.3, 0.4) is 0 Å². The van der Waals surface area contributed by atoms with Gasteiger partial charge in [-0.05, 0) is 13.3 Å². The number of hydrogen-bond donors (Lipinski definition) is 0. The van der Waals surface area contributed by atoms with Gasteiger partial charge in [-0.1, -0.05) is 24.3 Å². The summed E-state index contributed by atoms with van der Waals surface area (Å²) in [6.07, 6.45) is 2.26. The van der Waals surface area contributed by atoms with Crippen molar-refractivity contribution in [2.75, 3.05) is 0 Å². The lowest BCUT2D eigenvalue weighted by atomic mass is 9.72. The number of allylic oxidation sites excluding steroid dienone is 1. The second-order valence-corrected chi connectivity index (χ2v) is 4.55. The van der Waals surface area contributed by atoms with E-state index in [1.54, 1.807) is 25.1 Å². The minimum Gasteiger partial charge on any atom is -0.618 e. The van der Waals surface area contributed by atoms with Gasteiger partial charge in [0.2, 0.25) is 17.2 Å². The molecule has 1 aliphatic rings. The second kappa shape index (κ2) is 3.84. The normalized spacial score (nSPS) is 23.5. The van der Waals surface area contributed by atoms with E-state index in [1.165, 1.54) is 0 Å². The maximum Gasteiger partial charge on any atom is 0.234 e. The molecule has 17 heavy (non-hydrogen) atoms. The van der Waals surface area contributed by atoms with E-state index in [4.69, 9.17) is 0 Å². The van der Waals surface area contributed by atoms with E-state index >= 15 is 0 Å². The van der Waals surface area contributed by atoms with E-state index in [0.29, 0.717) is 12.1 Å². The van der Waals surface area contributed by atoms with E-state index in [0.717, 1.165) is 10.3 Å². The van der Waals surface area contributed by atoms with E-state index in [2.05, 4.69) is 6.58 Å². The molecule has 0 radical (unpaired) electrons. The third kappa shape index (κ3) is 1.50. The summed E-state index contributed by atoms with van der Waals surface area (Å²) in [7, 11) is 0. The number of carbonyl (C=O) groups excluding carboxylic acids is 1. The van der Waals surface area contributed by atoms with Gasteiger partial charge in [0.25, 0.3) is 0 Å². The fourth-order valence-electron chi connectivity index (χ4n) is 2.40. The Morgan fingerprint density at radius 2 is 2.12 bits per heavy atom. The number of hydrogen-bond acceptors (Lipinski definition) is 2. The summed E-state index contributed by atoms with van der Waals surface area (Å²) in [4.78, 5) is 12.3. The van der Waals surface area contributed by atoms with Crippen molar-refractivity contribution in [3.63, 3.8) is 0 Å². The lowest BCUT2D eigenvalue weighted by Crippen LogP contribution is -2.43. The Bertz CT molecular complexity index is 531. The largest absolute Gasteiger partial charge is 0.618 e. The molecule has 0 aromatic heterocycles. The molecule has 1 aliphatic heterocycles. The number of fused-ring (bicyclic) bond motifs is 1. The quantitative estimate of drug-likeness (QED) is 0.444. The SMILES string of the molecule is C=CCC1(C)C(=O)C(C)=[N+]([O-])c2ccccc21. The van der Waals surface area contributed by atoms with Crippen LogP contribution >= 0.6 is 0 Å². The summed E-state index contributed by atoms with van der Waals surface area (Å²) in [6.45, 7) is 7.14. The first kappa shape index (κ1) is 11.6. The standard InChI is InChI=1S/C14H15NO2/c1-4-9-14(3)11-7-5-6-8-12(11)15(17)10(2)13(14)16/h4-8H,1,9H2,2-3H3. The molecule has 1 heterocycles. The first-order chi connectivity index (χ1) is 8.02. The maximum atomic E-state index is 12.3. The van der Waals surface area contributed by atoms with Crippen LogP contribution in [0.4, 0.5) is 5.69 Å². The summed E-state index contributed by atoms with van der Waals surface area (Å²) >= 11 is 0. The lowest BCUT2D eigenvalue weighted by Gasteiger charge is -2.31. The van der Waals surface area contributed by atoms with E-state index < -0.39 is 5.41 Å². The highest BCUT2D eigenvalue weighted by Crippen LogP contribution is 2.39. The Kier molecular flexibility index (Phi) is 2.62. The third-order valence-corrected chi connectivity index (χ3v) is 3.40. The zero-order valence-corrected chi connectivity index (χ0v) is 10.1. The molecule has 0 saturated heterocycles. The van der Waals surface area contributed by atoms with Crippen LogP contribution in [-0.4, -0.2) is 16.2 Å². The molecule has 1 atom stereocenters. The number of para-hydroxylation sites is 1. The molecule has 0 saturated carbocycles. The molecule has 1 unspecified atom stereocenters. The molecular formula is C14H15NO2. The Morgan fingerprint density at radius 1 is 1.47 bits per heavy atom. The molecular weight excluding hydrogens is 214 g/mol. The monoisotopic (exact) mass is 229 g/mol. The van der Waals surface area contributed by atoms with Crippen molar-refractivity contribution in [3.05, 3.63) is 47.7 Å². The Labute approximate surface area is 101 Å². The predicted octanol–water partition coefficient (Wildman–Crippen LogP) is 2.71. The molecule has 88 valence electrons. The summed E-state index contributed by atoms with van der Waals surface area (Å²) in [5, 5.41) is 12.0. The number of rotatable bonds is 2. The zero-order chi connectivity index (χ0) is 12.6. The zero-order valence-electron chi connectivity index (χ0n) is 10.1. The van der Waals surface area contributed by atoms with E-state index in [-0.39, 0.29) is 11.5 Å². The summed E-state index contributed by atoms with van der Waals surface area (Å²) in [5.41, 5.74) is 0.927. The highest BCUT2D eigenvalue weighted by molar-refractivity contribution is 6.41. The van der Waals surface area contributed by atoms with Crippen molar-refractivity contribution in [1.29, 1.82) is 0 Å². The number of benzene rings is 1. The molecule has 0 amide bonds. The average molecular weight is 229 g/mol. The minimum atomic E-state index is -0.663. The van der Waals surface area contributed by atoms with Gasteiger partial charge in [0.05, 0.1) is 5.41 Å². The van der Waals surface area contributed by atoms with E-state index in [9.17, 15) is 10.0 Å². The summed E-state index contributed by atoms with van der Waals surface area (Å²) in [6, 6.07) is 7.25. The van der Waals surface area contributed by atoms with Crippen molar-refractivity contribution in [2.45, 2.75) is 25.7 Å². The molecule has 0 spiro atoms. The van der Waals surface area contributed by atoms with Crippen LogP contribution in [0.15, 0.2) is 36.9 Å². The molecule has 3 heteroatoms. The highest BCUT2D eigenvalue weighted by Gasteiger charge is 2.45. The van der Waals surface area contributed by atoms with Crippen LogP contribution in [0, 0.1) is 5.21 Å². The smallest absolute Gasteiger partial charge is 0.234 e. The Morgan fingerprint density at radius 3 is 2.76 bits per heavy atom. The molecule has 3 nitrogen and oxygen atoms in total. The summed E-state index contributed by atoms with van der Waals surface area (Å²) in [5.74, 6) is -0.119. The van der Waals surface area contributed by atoms with Crippen LogP contribution in [0.1, 0.15) is 25.8 Å². The van der Waals surface area contributed by atoms with Gasteiger partial charge < -0.3 is 5.21 Å². The minimum absolute atomic E-state index is 0.119. The van der Waals surface area contributed by atoms with Gasteiger partial charge in [-0.15, -0.1) is 6.58 Å². The van der Waals surface area contributed by atoms with Crippen molar-refractivity contribution in [3.8, 4) is 0 Å². The van der Waals surface area contributed by atoms with Crippen molar-refractivity contribution >= 4 is 17.2 Å². The van der Waals surface area contributed by atoms with Crippen LogP contribution in [0.25, 0.3) is 0 Å². The molecule has 2 rings (SSSR count). The Balaban J connectivity index is 2.74. The number of carbonyl (C=O) groups is 1. The number of nitrogens with zero attached hydrogens (tertiary/aromatic N) is 1. The van der Waals surface area contributed by atoms with Crippen molar-refractivity contribution in [1.82, 2.24) is 0 Å². The van der Waals surface area contributed by atoms with Gasteiger partial charge >= 0.3 is 0 Å². The van der Waals surface area contributed by atoms with Gasteiger partial charge in [-0.25, -0.2) is 0 Å². The molecule has 1 aromatic carbocycles. The third-order valence-electron chi connectivity index (χ3n) is 3.40. The molecule has 0 N–H and O–H groups in total. The first-order valence-electron chi connectivity index (χ1n) is 5.58. The molecule has 1 aromatic rings. The van der Waals surface area contributed by atoms with Crippen LogP contribution in [0.5, 0.6) is 0 Å². The fourth-order valence-corrected chi connectivity index (χ4v) is 2.40. The van der Waals surface area contributed by atoms with Gasteiger partial charge in [0.15, 0.2) is 0 Å². The molecule has 0 bridgehead atoms. The topological polar surface area (TPSA) is 43.1 Å². The van der Waals surface area contributed by atoms with Crippen molar-refractivity contribution < 1.29 is 9.53 Å². The number of Topliss-reactive ketones (excluding diaryl/α,β-unsaturated/α-hetero) is 1. The lowest BCUT2D eigenvalue weighted by molar-refractivity contribution is -0.363. The van der Waals surface area contributed by atoms with Crippen LogP contribution < -0.4 is 0 Å². The van der Waals surface area contributed by atoms with Crippen molar-refractivity contribution in [2.24, 2.45) is 0 Å². The molecule has 0 fully saturated rings. The van der Waals surface area contributed by atoms with Crippen LogP contribution in [0.2, 0.25) is 0 Å². The maximum absolute atomic E-state index is 12.3. The van der Waals surface area contributed by atoms with Gasteiger partial charge in [0, 0.05) is 18.6 Å². The van der Waals surface area contributed by atoms with Gasteiger partial charge in [-0.2, -0.15) is 4.74 Å². The number of ketones is 1. The summed E-state index contributed by atoms with van der Waals surface area (Å²) < 4.78 is 0.725. The average Bonchev–Trinajstić information content (AvgIpc) is 2.35. The fraction of sp³-hybridized carbons (Fsp3) is 0.286. The van der Waals surface area contributed by atoms with Gasteiger partial charge in [0.1, 0.15) is 0 Å². The predicted molar refractivity (Wildman–Crippen MR) is 67.6 cm³/mol. The molecule has 0 aliphatic carbocycles. The first-order valence-corrected chi connectivity index (χ1v) is 5.58.